The molecule has 1 fully saturated rings. The van der Waals surface area contributed by atoms with Crippen LogP contribution in [0.2, 0.25) is 0 Å². The van der Waals surface area contributed by atoms with Crippen LogP contribution in [0, 0.1) is 11.8 Å². The van der Waals surface area contributed by atoms with Crippen molar-refractivity contribution in [3.8, 4) is 0 Å². The van der Waals surface area contributed by atoms with E-state index in [9.17, 15) is 9.59 Å². The molecular weight excluding hydrogens is 442 g/mol. The van der Waals surface area contributed by atoms with Gasteiger partial charge in [-0.05, 0) is 48.6 Å². The van der Waals surface area contributed by atoms with Crippen LogP contribution in [0.3, 0.4) is 0 Å². The van der Waals surface area contributed by atoms with E-state index in [1.165, 1.54) is 0 Å². The van der Waals surface area contributed by atoms with Gasteiger partial charge in [0, 0.05) is 40.9 Å². The van der Waals surface area contributed by atoms with Gasteiger partial charge in [0.05, 0.1) is 0 Å². The fourth-order valence-electron chi connectivity index (χ4n) is 4.17. The summed E-state index contributed by atoms with van der Waals surface area (Å²) in [6, 6.07) is 17.8. The fraction of sp³-hybridized carbons (Fsp3) is 0.333. The van der Waals surface area contributed by atoms with Crippen LogP contribution in [0.25, 0.3) is 10.9 Å². The number of nitrogens with zero attached hydrogens (tertiary/aromatic N) is 1. The highest BCUT2D eigenvalue weighted by Gasteiger charge is 2.30. The van der Waals surface area contributed by atoms with Crippen molar-refractivity contribution < 1.29 is 9.59 Å². The molecule has 1 aliphatic rings. The number of para-hydroxylation sites is 1. The Morgan fingerprint density at radius 3 is 2.63 bits per heavy atom. The molecule has 0 spiro atoms. The second kappa shape index (κ2) is 9.04. The molecule has 156 valence electrons. The number of halogens is 1. The second-order valence-electron chi connectivity index (χ2n) is 8.04. The van der Waals surface area contributed by atoms with Crippen molar-refractivity contribution in [1.82, 2.24) is 15.2 Å². The number of likely N-dealkylation sites (tertiary alicyclic amines) is 1. The summed E-state index contributed by atoms with van der Waals surface area (Å²) in [6.45, 7) is 3.89. The molecule has 1 atom stereocenters. The number of aromatic amines is 1. The Labute approximate surface area is 185 Å². The summed E-state index contributed by atoms with van der Waals surface area (Å²) in [4.78, 5) is 30.6. The Balaban J connectivity index is 1.29. The number of amides is 2. The maximum atomic E-state index is 12.9. The zero-order valence-corrected chi connectivity index (χ0v) is 18.6. The largest absolute Gasteiger partial charge is 0.352 e. The Hall–Kier alpha value is -2.60. The lowest BCUT2D eigenvalue weighted by atomic mass is 9.84. The van der Waals surface area contributed by atoms with E-state index in [-0.39, 0.29) is 17.7 Å². The second-order valence-corrected chi connectivity index (χ2v) is 8.95. The third-order valence-electron chi connectivity index (χ3n) is 6.06. The number of hydrogen-bond acceptors (Lipinski definition) is 2. The van der Waals surface area contributed by atoms with Crippen LogP contribution in [0.5, 0.6) is 0 Å². The number of H-pyrrole nitrogens is 1. The van der Waals surface area contributed by atoms with Crippen LogP contribution in [-0.4, -0.2) is 34.8 Å². The molecule has 2 amide bonds. The SMILES string of the molecule is CC(C(=O)NCc1cccc(Br)c1)C1CCN(C(=O)c2cc3ccccc3[nH]2)CC1. The number of hydrogen-bond donors (Lipinski definition) is 2. The number of carbonyl (C=O) groups is 2. The Morgan fingerprint density at radius 1 is 1.13 bits per heavy atom. The normalized spacial score (nSPS) is 15.9. The van der Waals surface area contributed by atoms with Crippen LogP contribution in [-0.2, 0) is 11.3 Å². The number of nitrogens with one attached hydrogen (secondary N) is 2. The van der Waals surface area contributed by atoms with Crippen molar-refractivity contribution in [3.05, 3.63) is 70.3 Å². The van der Waals surface area contributed by atoms with E-state index in [1.807, 2.05) is 66.4 Å². The minimum atomic E-state index is -0.0671. The quantitative estimate of drug-likeness (QED) is 0.569. The first-order valence-electron chi connectivity index (χ1n) is 10.4. The summed E-state index contributed by atoms with van der Waals surface area (Å²) in [5.74, 6) is 0.341. The number of fused-ring (bicyclic) bond motifs is 1. The van der Waals surface area contributed by atoms with Crippen molar-refractivity contribution >= 4 is 38.6 Å². The van der Waals surface area contributed by atoms with Gasteiger partial charge >= 0.3 is 0 Å². The van der Waals surface area contributed by atoms with E-state index in [0.29, 0.717) is 31.2 Å². The van der Waals surface area contributed by atoms with E-state index >= 15 is 0 Å². The topological polar surface area (TPSA) is 65.2 Å². The van der Waals surface area contributed by atoms with Gasteiger partial charge in [-0.3, -0.25) is 9.59 Å². The Kier molecular flexibility index (Phi) is 6.23. The van der Waals surface area contributed by atoms with Gasteiger partial charge in [-0.25, -0.2) is 0 Å². The first kappa shape index (κ1) is 20.7. The monoisotopic (exact) mass is 467 g/mol. The predicted molar refractivity (Wildman–Crippen MR) is 122 cm³/mol. The van der Waals surface area contributed by atoms with E-state index in [2.05, 4.69) is 26.2 Å². The van der Waals surface area contributed by atoms with Gasteiger partial charge in [-0.1, -0.05) is 53.2 Å². The smallest absolute Gasteiger partial charge is 0.270 e. The molecular formula is C24H26BrN3O2. The number of piperidine rings is 1. The highest BCUT2D eigenvalue weighted by molar-refractivity contribution is 9.10. The highest BCUT2D eigenvalue weighted by Crippen LogP contribution is 2.27. The molecule has 2 N–H and O–H groups in total. The van der Waals surface area contributed by atoms with Gasteiger partial charge in [-0.15, -0.1) is 0 Å². The molecule has 5 nitrogen and oxygen atoms in total. The first-order chi connectivity index (χ1) is 14.5. The molecule has 0 aliphatic carbocycles. The molecule has 3 aromatic rings. The molecule has 1 aromatic heterocycles. The number of rotatable bonds is 5. The summed E-state index contributed by atoms with van der Waals surface area (Å²) in [5, 5.41) is 4.10. The van der Waals surface area contributed by atoms with E-state index in [4.69, 9.17) is 0 Å². The molecule has 4 rings (SSSR count). The molecule has 1 aliphatic heterocycles. The predicted octanol–water partition coefficient (Wildman–Crippen LogP) is 4.74. The van der Waals surface area contributed by atoms with Crippen molar-refractivity contribution in [2.45, 2.75) is 26.3 Å². The fourth-order valence-corrected chi connectivity index (χ4v) is 4.62. The zero-order chi connectivity index (χ0) is 21.1. The lowest BCUT2D eigenvalue weighted by Gasteiger charge is -2.34. The summed E-state index contributed by atoms with van der Waals surface area (Å²) in [7, 11) is 0. The van der Waals surface area contributed by atoms with Gasteiger partial charge in [0.1, 0.15) is 5.69 Å². The average Bonchev–Trinajstić information content (AvgIpc) is 3.21. The van der Waals surface area contributed by atoms with Gasteiger partial charge in [-0.2, -0.15) is 0 Å². The van der Waals surface area contributed by atoms with Crippen LogP contribution < -0.4 is 5.32 Å². The summed E-state index contributed by atoms with van der Waals surface area (Å²) < 4.78 is 1.01. The van der Waals surface area contributed by atoms with Crippen LogP contribution in [0.4, 0.5) is 0 Å². The molecule has 1 saturated heterocycles. The van der Waals surface area contributed by atoms with E-state index in [0.717, 1.165) is 33.8 Å². The summed E-state index contributed by atoms with van der Waals surface area (Å²) >= 11 is 3.46. The zero-order valence-electron chi connectivity index (χ0n) is 17.0. The number of aromatic nitrogens is 1. The molecule has 30 heavy (non-hydrogen) atoms. The van der Waals surface area contributed by atoms with E-state index < -0.39 is 0 Å². The molecule has 6 heteroatoms. The Bertz CT molecular complexity index is 1020. The van der Waals surface area contributed by atoms with Crippen LogP contribution >= 0.6 is 15.9 Å². The standard InChI is InChI=1S/C24H26BrN3O2/c1-16(23(29)26-15-17-5-4-7-20(25)13-17)18-9-11-28(12-10-18)24(30)22-14-19-6-2-3-8-21(19)27-22/h2-8,13-14,16,18,27H,9-12,15H2,1H3,(H,26,29). The molecule has 1 unspecified atom stereocenters. The van der Waals surface area contributed by atoms with Gasteiger partial charge < -0.3 is 15.2 Å². The van der Waals surface area contributed by atoms with Gasteiger partial charge in [0.2, 0.25) is 5.91 Å². The average molecular weight is 468 g/mol. The molecule has 0 saturated carbocycles. The first-order valence-corrected chi connectivity index (χ1v) is 11.2. The summed E-state index contributed by atoms with van der Waals surface area (Å²) in [5.41, 5.74) is 2.68. The Morgan fingerprint density at radius 2 is 1.90 bits per heavy atom. The summed E-state index contributed by atoms with van der Waals surface area (Å²) in [6.07, 6.45) is 1.69. The van der Waals surface area contributed by atoms with Crippen molar-refractivity contribution in [2.24, 2.45) is 11.8 Å². The van der Waals surface area contributed by atoms with Crippen LogP contribution in [0.15, 0.2) is 59.1 Å². The maximum absolute atomic E-state index is 12.9. The third kappa shape index (κ3) is 4.59. The molecule has 0 bridgehead atoms. The van der Waals surface area contributed by atoms with Gasteiger partial charge in [0.25, 0.3) is 5.91 Å². The van der Waals surface area contributed by atoms with Gasteiger partial charge in [0.15, 0.2) is 0 Å². The van der Waals surface area contributed by atoms with Crippen molar-refractivity contribution in [3.63, 3.8) is 0 Å². The molecule has 2 aromatic carbocycles. The molecule has 2 heterocycles. The lowest BCUT2D eigenvalue weighted by molar-refractivity contribution is -0.126. The molecule has 0 radical (unpaired) electrons. The highest BCUT2D eigenvalue weighted by atomic mass is 79.9. The maximum Gasteiger partial charge on any atom is 0.270 e. The van der Waals surface area contributed by atoms with Crippen molar-refractivity contribution in [1.29, 1.82) is 0 Å². The lowest BCUT2D eigenvalue weighted by Crippen LogP contribution is -2.42. The van der Waals surface area contributed by atoms with Crippen LogP contribution in [0.1, 0.15) is 35.8 Å². The third-order valence-corrected chi connectivity index (χ3v) is 6.56. The number of carbonyl (C=O) groups excluding carboxylic acids is 2. The van der Waals surface area contributed by atoms with Crippen molar-refractivity contribution in [2.75, 3.05) is 13.1 Å². The minimum absolute atomic E-state index is 0.0383. The van der Waals surface area contributed by atoms with E-state index in [1.54, 1.807) is 0 Å². The minimum Gasteiger partial charge on any atom is -0.352 e. The number of benzene rings is 2.